The average molecular weight is 579 g/mol. The van der Waals surface area contributed by atoms with Crippen LogP contribution in [0.4, 0.5) is 0 Å². The number of rotatable bonds is 11. The molecule has 0 aliphatic heterocycles. The average Bonchev–Trinajstić information content (AvgIpc) is 2.88. The van der Waals surface area contributed by atoms with E-state index in [1.165, 1.54) is 22.2 Å². The minimum absolute atomic E-state index is 0.0204. The minimum atomic E-state index is -2.63. The fourth-order valence-electron chi connectivity index (χ4n) is 6.08. The van der Waals surface area contributed by atoms with Crippen LogP contribution in [0.3, 0.4) is 0 Å². The Hall–Kier alpha value is -1.80. The van der Waals surface area contributed by atoms with Gasteiger partial charge in [0.05, 0.1) is 6.61 Å². The summed E-state index contributed by atoms with van der Waals surface area (Å²) < 4.78 is 13.8. The number of carbonyl (C=O) groups excluding carboxylic acids is 1. The van der Waals surface area contributed by atoms with E-state index in [2.05, 4.69) is 135 Å². The monoisotopic (exact) mass is 578 g/mol. The van der Waals surface area contributed by atoms with Crippen LogP contribution in [0.15, 0.2) is 72.3 Å². The molecule has 0 N–H and O–H groups in total. The minimum Gasteiger partial charge on any atom is -0.417 e. The van der Waals surface area contributed by atoms with E-state index in [1.54, 1.807) is 0 Å². The third-order valence-electron chi connectivity index (χ3n) is 9.77. The highest BCUT2D eigenvalue weighted by Gasteiger charge is 2.50. The van der Waals surface area contributed by atoms with Crippen LogP contribution >= 0.6 is 0 Å². The molecule has 220 valence electrons. The number of carbonyl (C=O) groups is 1. The SMILES string of the molecule is C[C@H]1C[C@@H](C=O)[C@](C)(CCCO[Si](C)(C)C(C)(C)C)C=C1CO[Si](c1ccccc1)(c1ccccc1)C(C)(C)C. The number of allylic oxidation sites excluding steroid dienone is 1. The molecule has 5 heteroatoms. The fraction of sp³-hybridized carbons (Fsp3) is 0.571. The van der Waals surface area contributed by atoms with Crippen molar-refractivity contribution in [3.8, 4) is 0 Å². The molecule has 3 atom stereocenters. The summed E-state index contributed by atoms with van der Waals surface area (Å²) in [5.74, 6) is 0.331. The first kappa shape index (κ1) is 32.7. The van der Waals surface area contributed by atoms with Crippen LogP contribution in [0.5, 0.6) is 0 Å². The summed E-state index contributed by atoms with van der Waals surface area (Å²) in [5, 5.41) is 2.74. The van der Waals surface area contributed by atoms with Crippen LogP contribution in [0.25, 0.3) is 0 Å². The van der Waals surface area contributed by atoms with E-state index in [1.807, 2.05) is 0 Å². The molecule has 0 heterocycles. The van der Waals surface area contributed by atoms with Crippen molar-refractivity contribution < 1.29 is 13.6 Å². The van der Waals surface area contributed by atoms with Gasteiger partial charge in [-0.3, -0.25) is 0 Å². The summed E-state index contributed by atoms with van der Waals surface area (Å²) in [5.41, 5.74) is 1.15. The van der Waals surface area contributed by atoms with Crippen molar-refractivity contribution in [1.29, 1.82) is 0 Å². The standard InChI is InChI=1S/C35H54O3Si2/c1-28-24-30(26-36)35(8,22-17-23-37-39(9,10)33(2,3)4)25-29(28)27-38-40(34(5,6)7,31-18-13-11-14-19-31)32-20-15-12-16-21-32/h11-16,18-21,25-26,28,30H,17,22-24,27H2,1-10H3/t28-,30-,35+/m0/s1. The number of aldehydes is 1. The lowest BCUT2D eigenvalue weighted by atomic mass is 9.65. The van der Waals surface area contributed by atoms with Crippen molar-refractivity contribution in [3.05, 3.63) is 72.3 Å². The largest absolute Gasteiger partial charge is 0.417 e. The smallest absolute Gasteiger partial charge is 0.261 e. The molecule has 3 nitrogen and oxygen atoms in total. The van der Waals surface area contributed by atoms with Gasteiger partial charge >= 0.3 is 0 Å². The molecule has 0 bridgehead atoms. The Balaban J connectivity index is 1.90. The van der Waals surface area contributed by atoms with Gasteiger partial charge in [0.1, 0.15) is 6.29 Å². The van der Waals surface area contributed by atoms with E-state index in [0.29, 0.717) is 12.5 Å². The maximum Gasteiger partial charge on any atom is 0.261 e. The number of hydrogen-bond acceptors (Lipinski definition) is 3. The Morgan fingerprint density at radius 3 is 1.85 bits per heavy atom. The summed E-state index contributed by atoms with van der Waals surface area (Å²) >= 11 is 0. The van der Waals surface area contributed by atoms with Crippen LogP contribution in [-0.4, -0.2) is 36.1 Å². The third-order valence-corrected chi connectivity index (χ3v) is 19.3. The lowest BCUT2D eigenvalue weighted by Gasteiger charge is -2.45. The zero-order valence-electron chi connectivity index (χ0n) is 26.8. The molecule has 0 spiro atoms. The molecular formula is C35H54O3Si2. The molecule has 3 rings (SSSR count). The Kier molecular flexibility index (Phi) is 10.3. The van der Waals surface area contributed by atoms with Crippen LogP contribution in [0.1, 0.15) is 74.7 Å². The molecule has 0 radical (unpaired) electrons. The number of hydrogen-bond donors (Lipinski definition) is 0. The van der Waals surface area contributed by atoms with Gasteiger partial charge in [-0.15, -0.1) is 0 Å². The molecule has 1 aliphatic rings. The topological polar surface area (TPSA) is 35.5 Å². The van der Waals surface area contributed by atoms with Gasteiger partial charge in [-0.25, -0.2) is 0 Å². The maximum atomic E-state index is 12.3. The first-order valence-electron chi connectivity index (χ1n) is 15.1. The summed E-state index contributed by atoms with van der Waals surface area (Å²) in [4.78, 5) is 12.3. The van der Waals surface area contributed by atoms with Gasteiger partial charge in [-0.2, -0.15) is 0 Å². The van der Waals surface area contributed by atoms with Crippen molar-refractivity contribution in [2.75, 3.05) is 13.2 Å². The summed E-state index contributed by atoms with van der Waals surface area (Å²) in [6, 6.07) is 21.7. The van der Waals surface area contributed by atoms with E-state index in [9.17, 15) is 4.79 Å². The van der Waals surface area contributed by atoms with Crippen molar-refractivity contribution in [3.63, 3.8) is 0 Å². The van der Waals surface area contributed by atoms with E-state index in [4.69, 9.17) is 8.85 Å². The second kappa shape index (κ2) is 12.6. The first-order chi connectivity index (χ1) is 18.6. The van der Waals surface area contributed by atoms with Crippen LogP contribution < -0.4 is 10.4 Å². The first-order valence-corrected chi connectivity index (χ1v) is 19.9. The molecule has 1 aliphatic carbocycles. The normalized spacial score (nSPS) is 22.6. The van der Waals surface area contributed by atoms with Gasteiger partial charge in [0.2, 0.25) is 0 Å². The highest BCUT2D eigenvalue weighted by molar-refractivity contribution is 6.99. The maximum absolute atomic E-state index is 12.3. The molecular weight excluding hydrogens is 525 g/mol. The third kappa shape index (κ3) is 6.97. The van der Waals surface area contributed by atoms with Gasteiger partial charge in [0.25, 0.3) is 8.32 Å². The summed E-state index contributed by atoms with van der Waals surface area (Å²) in [7, 11) is -4.41. The fourth-order valence-corrected chi connectivity index (χ4v) is 11.7. The molecule has 2 aromatic carbocycles. The van der Waals surface area contributed by atoms with E-state index in [0.717, 1.165) is 25.9 Å². The molecule has 0 fully saturated rings. The van der Waals surface area contributed by atoms with Crippen LogP contribution in [0, 0.1) is 17.3 Å². The number of benzene rings is 2. The second-order valence-corrected chi connectivity index (χ2v) is 23.9. The quantitative estimate of drug-likeness (QED) is 0.117. The van der Waals surface area contributed by atoms with Gasteiger partial charge in [0, 0.05) is 12.5 Å². The van der Waals surface area contributed by atoms with E-state index >= 15 is 0 Å². The summed E-state index contributed by atoms with van der Waals surface area (Å²) in [6.07, 6.45) is 6.38. The molecule has 0 saturated heterocycles. The molecule has 40 heavy (non-hydrogen) atoms. The second-order valence-electron chi connectivity index (χ2n) is 14.8. The van der Waals surface area contributed by atoms with Gasteiger partial charge in [-0.05, 0) is 69.7 Å². The Morgan fingerprint density at radius 1 is 0.875 bits per heavy atom. The van der Waals surface area contributed by atoms with E-state index < -0.39 is 16.6 Å². The predicted octanol–water partition coefficient (Wildman–Crippen LogP) is 8.15. The van der Waals surface area contributed by atoms with Crippen LogP contribution in [0.2, 0.25) is 23.2 Å². The molecule has 0 aromatic heterocycles. The lowest BCUT2D eigenvalue weighted by Crippen LogP contribution is -2.66. The molecule has 0 amide bonds. The Morgan fingerprint density at radius 2 is 1.40 bits per heavy atom. The highest BCUT2D eigenvalue weighted by atomic mass is 28.4. The Bertz CT molecular complexity index is 1090. The van der Waals surface area contributed by atoms with Crippen molar-refractivity contribution >= 4 is 33.3 Å². The Labute approximate surface area is 247 Å². The highest BCUT2D eigenvalue weighted by Crippen LogP contribution is 2.45. The molecule has 0 saturated carbocycles. The zero-order chi connectivity index (χ0) is 29.8. The lowest BCUT2D eigenvalue weighted by molar-refractivity contribution is -0.114. The van der Waals surface area contributed by atoms with Gasteiger partial charge < -0.3 is 13.6 Å². The van der Waals surface area contributed by atoms with Gasteiger partial charge in [-0.1, -0.05) is 122 Å². The molecule has 0 unspecified atom stereocenters. The van der Waals surface area contributed by atoms with Crippen molar-refractivity contribution in [2.45, 2.75) is 97.8 Å². The zero-order valence-corrected chi connectivity index (χ0v) is 28.8. The van der Waals surface area contributed by atoms with Crippen molar-refractivity contribution in [2.24, 2.45) is 17.3 Å². The van der Waals surface area contributed by atoms with Gasteiger partial charge in [0.15, 0.2) is 8.32 Å². The predicted molar refractivity (Wildman–Crippen MR) is 175 cm³/mol. The molecule has 2 aromatic rings. The van der Waals surface area contributed by atoms with E-state index in [-0.39, 0.29) is 21.4 Å². The van der Waals surface area contributed by atoms with Crippen molar-refractivity contribution in [1.82, 2.24) is 0 Å². The summed E-state index contributed by atoms with van der Waals surface area (Å²) in [6.45, 7) is 24.3. The van der Waals surface area contributed by atoms with Crippen LogP contribution in [-0.2, 0) is 13.6 Å².